The number of nitrogens with one attached hydrogen (secondary N) is 1. The van der Waals surface area contributed by atoms with Crippen LogP contribution in [0.1, 0.15) is 47.0 Å². The average molecular weight is 262 g/mol. The number of amides is 1. The van der Waals surface area contributed by atoms with E-state index in [1.165, 1.54) is 0 Å². The van der Waals surface area contributed by atoms with Crippen LogP contribution in [-0.4, -0.2) is 33.2 Å². The van der Waals surface area contributed by atoms with Crippen molar-refractivity contribution in [3.63, 3.8) is 0 Å². The summed E-state index contributed by atoms with van der Waals surface area (Å²) in [6, 6.07) is 0.226. The molecule has 4 nitrogen and oxygen atoms in total. The normalized spacial score (nSPS) is 16.6. The van der Waals surface area contributed by atoms with E-state index in [4.69, 9.17) is 5.73 Å². The van der Waals surface area contributed by atoms with Crippen LogP contribution in [0.3, 0.4) is 0 Å². The lowest BCUT2D eigenvalue weighted by atomic mass is 10.2. The minimum absolute atomic E-state index is 0.0354. The molecule has 0 radical (unpaired) electrons. The highest BCUT2D eigenvalue weighted by molar-refractivity contribution is 7.86. The highest BCUT2D eigenvalue weighted by Gasteiger charge is 2.21. The fourth-order valence-corrected chi connectivity index (χ4v) is 2.67. The zero-order chi connectivity index (χ0) is 13.4. The Bertz CT molecular complexity index is 253. The van der Waals surface area contributed by atoms with Crippen molar-refractivity contribution in [3.8, 4) is 0 Å². The second-order valence-corrected chi connectivity index (χ2v) is 6.39. The maximum Gasteiger partial charge on any atom is 0.235 e. The van der Waals surface area contributed by atoms with Crippen molar-refractivity contribution in [2.24, 2.45) is 5.73 Å². The maximum atomic E-state index is 11.8. The second kappa shape index (κ2) is 8.64. The van der Waals surface area contributed by atoms with E-state index < -0.39 is 16.0 Å². The van der Waals surface area contributed by atoms with Gasteiger partial charge in [0.05, 0.1) is 0 Å². The molecule has 5 heteroatoms. The Kier molecular flexibility index (Phi) is 8.43. The first-order chi connectivity index (χ1) is 7.92. The molecule has 0 aliphatic carbocycles. The van der Waals surface area contributed by atoms with Gasteiger partial charge in [0.2, 0.25) is 5.91 Å². The summed E-state index contributed by atoms with van der Waals surface area (Å²) in [5, 5.41) is 2.47. The van der Waals surface area contributed by atoms with E-state index in [0.717, 1.165) is 12.8 Å². The molecule has 0 spiro atoms. The molecule has 3 unspecified atom stereocenters. The second-order valence-electron chi connectivity index (χ2n) is 4.52. The first-order valence-electron chi connectivity index (χ1n) is 6.35. The summed E-state index contributed by atoms with van der Waals surface area (Å²) < 4.78 is 11.8. The molecule has 0 saturated heterocycles. The molecule has 0 bridgehead atoms. The fraction of sp³-hybridized carbons (Fsp3) is 0.917. The summed E-state index contributed by atoms with van der Waals surface area (Å²) in [6.07, 6.45) is 2.50. The molecule has 102 valence electrons. The number of nitrogens with two attached hydrogens (primary N) is 1. The standard InChI is InChI=1S/C12H26N2O2S/c1-5-11(6-2)14-12(15)10(4)17(16)8-7-9(3)13/h9-11H,5-8,13H2,1-4H3,(H,14,15). The molecule has 3 N–H and O–H groups in total. The van der Waals surface area contributed by atoms with Crippen LogP contribution in [0.15, 0.2) is 0 Å². The lowest BCUT2D eigenvalue weighted by Gasteiger charge is -2.18. The van der Waals surface area contributed by atoms with E-state index in [-0.39, 0.29) is 18.0 Å². The third-order valence-electron chi connectivity index (χ3n) is 2.87. The van der Waals surface area contributed by atoms with Crippen molar-refractivity contribution < 1.29 is 9.00 Å². The Hall–Kier alpha value is -0.420. The Labute approximate surface area is 107 Å². The van der Waals surface area contributed by atoms with Gasteiger partial charge in [-0.25, -0.2) is 0 Å². The van der Waals surface area contributed by atoms with Crippen LogP contribution in [0.5, 0.6) is 0 Å². The Morgan fingerprint density at radius 2 is 1.82 bits per heavy atom. The van der Waals surface area contributed by atoms with Crippen LogP contribution < -0.4 is 11.1 Å². The van der Waals surface area contributed by atoms with E-state index in [1.54, 1.807) is 6.92 Å². The minimum Gasteiger partial charge on any atom is -0.352 e. The monoisotopic (exact) mass is 262 g/mol. The predicted octanol–water partition coefficient (Wildman–Crippen LogP) is 1.17. The SMILES string of the molecule is CCC(CC)NC(=O)C(C)S(=O)CCC(C)N. The molecule has 0 fully saturated rings. The van der Waals surface area contributed by atoms with Crippen LogP contribution in [-0.2, 0) is 15.6 Å². The van der Waals surface area contributed by atoms with Gasteiger partial charge in [0, 0.05) is 28.6 Å². The van der Waals surface area contributed by atoms with Crippen molar-refractivity contribution in [3.05, 3.63) is 0 Å². The van der Waals surface area contributed by atoms with Gasteiger partial charge in [0.25, 0.3) is 0 Å². The van der Waals surface area contributed by atoms with E-state index >= 15 is 0 Å². The third-order valence-corrected chi connectivity index (χ3v) is 4.51. The lowest BCUT2D eigenvalue weighted by Crippen LogP contribution is -2.42. The molecule has 0 saturated carbocycles. The van der Waals surface area contributed by atoms with Crippen LogP contribution in [0.2, 0.25) is 0 Å². The lowest BCUT2D eigenvalue weighted by molar-refractivity contribution is -0.121. The molecule has 0 aliphatic heterocycles. The molecule has 0 aromatic heterocycles. The predicted molar refractivity (Wildman–Crippen MR) is 73.3 cm³/mol. The Morgan fingerprint density at radius 3 is 2.24 bits per heavy atom. The number of hydrogen-bond donors (Lipinski definition) is 2. The molecule has 3 atom stereocenters. The maximum absolute atomic E-state index is 11.8. The summed E-state index contributed by atoms with van der Waals surface area (Å²) >= 11 is 0. The van der Waals surface area contributed by atoms with Crippen molar-refractivity contribution >= 4 is 16.7 Å². The molecule has 0 rings (SSSR count). The largest absolute Gasteiger partial charge is 0.352 e. The first-order valence-corrected chi connectivity index (χ1v) is 7.73. The van der Waals surface area contributed by atoms with Crippen LogP contribution >= 0.6 is 0 Å². The summed E-state index contributed by atoms with van der Waals surface area (Å²) in [6.45, 7) is 7.67. The zero-order valence-electron chi connectivity index (χ0n) is 11.4. The Morgan fingerprint density at radius 1 is 1.29 bits per heavy atom. The molecule has 1 amide bonds. The van der Waals surface area contributed by atoms with Gasteiger partial charge in [0.15, 0.2) is 0 Å². The molecule has 0 aromatic rings. The van der Waals surface area contributed by atoms with Gasteiger partial charge in [-0.3, -0.25) is 9.00 Å². The minimum atomic E-state index is -1.13. The van der Waals surface area contributed by atoms with E-state index in [1.807, 2.05) is 20.8 Å². The molecule has 0 aliphatic rings. The zero-order valence-corrected chi connectivity index (χ0v) is 12.2. The quantitative estimate of drug-likeness (QED) is 0.689. The molecular weight excluding hydrogens is 236 g/mol. The van der Waals surface area contributed by atoms with E-state index in [9.17, 15) is 9.00 Å². The van der Waals surface area contributed by atoms with Crippen LogP contribution in [0.25, 0.3) is 0 Å². The van der Waals surface area contributed by atoms with E-state index in [0.29, 0.717) is 12.2 Å². The third kappa shape index (κ3) is 6.78. The van der Waals surface area contributed by atoms with Gasteiger partial charge < -0.3 is 11.1 Å². The summed E-state index contributed by atoms with van der Waals surface area (Å²) in [7, 11) is -1.13. The van der Waals surface area contributed by atoms with Gasteiger partial charge in [-0.15, -0.1) is 0 Å². The van der Waals surface area contributed by atoms with Crippen LogP contribution in [0, 0.1) is 0 Å². The number of hydrogen-bond acceptors (Lipinski definition) is 3. The fourth-order valence-electron chi connectivity index (χ4n) is 1.41. The van der Waals surface area contributed by atoms with Gasteiger partial charge in [-0.1, -0.05) is 13.8 Å². The highest BCUT2D eigenvalue weighted by Crippen LogP contribution is 2.03. The highest BCUT2D eigenvalue weighted by atomic mass is 32.2. The van der Waals surface area contributed by atoms with Crippen molar-refractivity contribution in [1.29, 1.82) is 0 Å². The summed E-state index contributed by atoms with van der Waals surface area (Å²) in [4.78, 5) is 11.8. The smallest absolute Gasteiger partial charge is 0.235 e. The number of rotatable bonds is 8. The average Bonchev–Trinajstić information content (AvgIpc) is 2.31. The summed E-state index contributed by atoms with van der Waals surface area (Å²) in [5.74, 6) is 0.386. The Balaban J connectivity index is 4.15. The van der Waals surface area contributed by atoms with Crippen molar-refractivity contribution in [2.75, 3.05) is 5.75 Å². The number of carbonyl (C=O) groups excluding carboxylic acids is 1. The molecule has 0 heterocycles. The van der Waals surface area contributed by atoms with E-state index in [2.05, 4.69) is 5.32 Å². The molecule has 0 aromatic carbocycles. The van der Waals surface area contributed by atoms with Gasteiger partial charge in [0.1, 0.15) is 5.25 Å². The number of carbonyl (C=O) groups is 1. The van der Waals surface area contributed by atoms with Crippen molar-refractivity contribution in [2.45, 2.75) is 64.3 Å². The van der Waals surface area contributed by atoms with Crippen LogP contribution in [0.4, 0.5) is 0 Å². The van der Waals surface area contributed by atoms with Gasteiger partial charge in [-0.05, 0) is 33.1 Å². The summed E-state index contributed by atoms with van der Waals surface area (Å²) in [5.41, 5.74) is 5.61. The van der Waals surface area contributed by atoms with Gasteiger partial charge in [-0.2, -0.15) is 0 Å². The topological polar surface area (TPSA) is 72.2 Å². The molecular formula is C12H26N2O2S. The first kappa shape index (κ1) is 16.6. The van der Waals surface area contributed by atoms with Gasteiger partial charge >= 0.3 is 0 Å². The molecule has 17 heavy (non-hydrogen) atoms. The van der Waals surface area contributed by atoms with Crippen molar-refractivity contribution in [1.82, 2.24) is 5.32 Å².